The van der Waals surface area contributed by atoms with E-state index in [1.165, 1.54) is 12.1 Å². The summed E-state index contributed by atoms with van der Waals surface area (Å²) in [5.74, 6) is 0.676. The molecule has 0 saturated heterocycles. The zero-order valence-corrected chi connectivity index (χ0v) is 11.2. The highest BCUT2D eigenvalue weighted by molar-refractivity contribution is 7.89. The summed E-state index contributed by atoms with van der Waals surface area (Å²) >= 11 is 0. The molecule has 7 heteroatoms. The highest BCUT2D eigenvalue weighted by Crippen LogP contribution is 2.10. The van der Waals surface area contributed by atoms with E-state index in [2.05, 4.69) is 15.5 Å². The van der Waals surface area contributed by atoms with E-state index in [-0.39, 0.29) is 4.90 Å². The molecule has 0 bridgehead atoms. The Kier molecular flexibility index (Phi) is 3.77. The lowest BCUT2D eigenvalue weighted by molar-refractivity contribution is 0.598. The first-order valence-electron chi connectivity index (χ1n) is 5.60. The first kappa shape index (κ1) is 13.4. The molecule has 3 N–H and O–H groups in total. The average molecular weight is 278 g/mol. The summed E-state index contributed by atoms with van der Waals surface area (Å²) in [6, 6.07) is 8.25. The van der Waals surface area contributed by atoms with Crippen molar-refractivity contribution in [3.8, 4) is 0 Å². The lowest BCUT2D eigenvalue weighted by atomic mass is 10.2. The predicted molar refractivity (Wildman–Crippen MR) is 71.9 cm³/mol. The number of aryl methyl sites for hydroxylation is 1. The van der Waals surface area contributed by atoms with Crippen molar-refractivity contribution in [2.45, 2.75) is 18.4 Å². The molecule has 19 heavy (non-hydrogen) atoms. The molecule has 2 rings (SSSR count). The molecule has 0 saturated carbocycles. The summed E-state index contributed by atoms with van der Waals surface area (Å²) in [6.45, 7) is 2.46. The van der Waals surface area contributed by atoms with Crippen LogP contribution in [0.1, 0.15) is 11.1 Å². The van der Waals surface area contributed by atoms with Crippen LogP contribution in [0.5, 0.6) is 0 Å². The SMILES string of the molecule is Cc1cnnc(NCc2ccc(S(N)(=O)=O)cc2)c1. The summed E-state index contributed by atoms with van der Waals surface area (Å²) < 4.78 is 22.2. The molecular weight excluding hydrogens is 264 g/mol. The Balaban J connectivity index is 2.05. The summed E-state index contributed by atoms with van der Waals surface area (Å²) in [4.78, 5) is 0.103. The van der Waals surface area contributed by atoms with Crippen molar-refractivity contribution in [3.63, 3.8) is 0 Å². The number of nitrogens with zero attached hydrogens (tertiary/aromatic N) is 2. The molecule has 6 nitrogen and oxygen atoms in total. The van der Waals surface area contributed by atoms with Gasteiger partial charge in [0.1, 0.15) is 5.82 Å². The molecule has 1 aromatic carbocycles. The van der Waals surface area contributed by atoms with Crippen molar-refractivity contribution in [2.24, 2.45) is 5.14 Å². The fourth-order valence-corrected chi connectivity index (χ4v) is 2.06. The zero-order chi connectivity index (χ0) is 13.9. The van der Waals surface area contributed by atoms with Crippen LogP contribution in [-0.2, 0) is 16.6 Å². The van der Waals surface area contributed by atoms with Crippen LogP contribution in [0.4, 0.5) is 5.82 Å². The van der Waals surface area contributed by atoms with E-state index in [0.29, 0.717) is 12.4 Å². The lowest BCUT2D eigenvalue weighted by Gasteiger charge is -2.06. The van der Waals surface area contributed by atoms with E-state index < -0.39 is 10.0 Å². The van der Waals surface area contributed by atoms with Crippen LogP contribution in [0.15, 0.2) is 41.4 Å². The Hall–Kier alpha value is -1.99. The summed E-state index contributed by atoms with van der Waals surface area (Å²) in [5, 5.41) is 15.9. The number of anilines is 1. The van der Waals surface area contributed by atoms with Crippen LogP contribution in [0, 0.1) is 6.92 Å². The van der Waals surface area contributed by atoms with Crippen molar-refractivity contribution < 1.29 is 8.42 Å². The molecule has 0 radical (unpaired) electrons. The topological polar surface area (TPSA) is 98.0 Å². The van der Waals surface area contributed by atoms with Crippen molar-refractivity contribution in [3.05, 3.63) is 47.7 Å². The van der Waals surface area contributed by atoms with Gasteiger partial charge in [0.15, 0.2) is 0 Å². The van der Waals surface area contributed by atoms with E-state index in [1.54, 1.807) is 18.3 Å². The molecular formula is C12H14N4O2S. The Morgan fingerprint density at radius 1 is 1.26 bits per heavy atom. The van der Waals surface area contributed by atoms with Gasteiger partial charge in [-0.05, 0) is 36.2 Å². The third-order valence-electron chi connectivity index (χ3n) is 2.52. The Bertz CT molecular complexity index is 668. The first-order chi connectivity index (χ1) is 8.95. The normalized spacial score (nSPS) is 11.3. The Morgan fingerprint density at radius 2 is 1.95 bits per heavy atom. The highest BCUT2D eigenvalue weighted by Gasteiger charge is 2.06. The van der Waals surface area contributed by atoms with Gasteiger partial charge in [-0.25, -0.2) is 13.6 Å². The van der Waals surface area contributed by atoms with Gasteiger partial charge in [0, 0.05) is 6.54 Å². The van der Waals surface area contributed by atoms with Gasteiger partial charge in [-0.2, -0.15) is 5.10 Å². The van der Waals surface area contributed by atoms with Crippen molar-refractivity contribution in [1.29, 1.82) is 0 Å². The van der Waals surface area contributed by atoms with Crippen LogP contribution in [-0.4, -0.2) is 18.6 Å². The minimum absolute atomic E-state index is 0.103. The van der Waals surface area contributed by atoms with Gasteiger partial charge in [0.25, 0.3) is 0 Å². The second-order valence-corrected chi connectivity index (χ2v) is 5.72. The molecule has 0 aliphatic heterocycles. The van der Waals surface area contributed by atoms with Gasteiger partial charge in [-0.15, -0.1) is 5.10 Å². The van der Waals surface area contributed by atoms with Gasteiger partial charge in [-0.3, -0.25) is 0 Å². The molecule has 2 aromatic rings. The molecule has 0 aliphatic carbocycles. The van der Waals surface area contributed by atoms with E-state index in [4.69, 9.17) is 5.14 Å². The van der Waals surface area contributed by atoms with Crippen LogP contribution in [0.3, 0.4) is 0 Å². The number of hydrogen-bond acceptors (Lipinski definition) is 5. The number of sulfonamides is 1. The van der Waals surface area contributed by atoms with Crippen LogP contribution >= 0.6 is 0 Å². The summed E-state index contributed by atoms with van der Waals surface area (Å²) in [5.41, 5.74) is 1.94. The van der Waals surface area contributed by atoms with Gasteiger partial charge in [-0.1, -0.05) is 12.1 Å². The molecule has 0 atom stereocenters. The van der Waals surface area contributed by atoms with E-state index in [1.807, 2.05) is 13.0 Å². The number of nitrogens with one attached hydrogen (secondary N) is 1. The van der Waals surface area contributed by atoms with Gasteiger partial charge in [0.2, 0.25) is 10.0 Å². The van der Waals surface area contributed by atoms with Crippen molar-refractivity contribution >= 4 is 15.8 Å². The molecule has 100 valence electrons. The number of benzene rings is 1. The fourth-order valence-electron chi connectivity index (χ4n) is 1.54. The molecule has 0 fully saturated rings. The largest absolute Gasteiger partial charge is 0.364 e. The summed E-state index contributed by atoms with van der Waals surface area (Å²) in [7, 11) is -3.64. The van der Waals surface area contributed by atoms with Crippen LogP contribution in [0.25, 0.3) is 0 Å². The molecule has 0 unspecified atom stereocenters. The molecule has 0 amide bonds. The van der Waals surface area contributed by atoms with Gasteiger partial charge < -0.3 is 5.32 Å². The summed E-state index contributed by atoms with van der Waals surface area (Å²) in [6.07, 6.45) is 1.67. The van der Waals surface area contributed by atoms with Crippen LogP contribution < -0.4 is 10.5 Å². The maximum atomic E-state index is 11.1. The van der Waals surface area contributed by atoms with Gasteiger partial charge >= 0.3 is 0 Å². The predicted octanol–water partition coefficient (Wildman–Crippen LogP) is 1.04. The Labute approximate surface area is 111 Å². The quantitative estimate of drug-likeness (QED) is 0.871. The second kappa shape index (κ2) is 5.33. The lowest BCUT2D eigenvalue weighted by Crippen LogP contribution is -2.12. The molecule has 1 aromatic heterocycles. The van der Waals surface area contributed by atoms with Crippen LogP contribution in [0.2, 0.25) is 0 Å². The smallest absolute Gasteiger partial charge is 0.238 e. The minimum Gasteiger partial charge on any atom is -0.364 e. The van der Waals surface area contributed by atoms with Crippen molar-refractivity contribution in [1.82, 2.24) is 10.2 Å². The fraction of sp³-hybridized carbons (Fsp3) is 0.167. The number of primary sulfonamides is 1. The van der Waals surface area contributed by atoms with Gasteiger partial charge in [0.05, 0.1) is 11.1 Å². The number of nitrogens with two attached hydrogens (primary N) is 1. The highest BCUT2D eigenvalue weighted by atomic mass is 32.2. The maximum absolute atomic E-state index is 11.1. The molecule has 1 heterocycles. The molecule has 0 aliphatic rings. The number of aromatic nitrogens is 2. The maximum Gasteiger partial charge on any atom is 0.238 e. The molecule has 0 spiro atoms. The third-order valence-corrected chi connectivity index (χ3v) is 3.45. The third kappa shape index (κ3) is 3.73. The minimum atomic E-state index is -3.64. The average Bonchev–Trinajstić information content (AvgIpc) is 2.36. The van der Waals surface area contributed by atoms with E-state index in [0.717, 1.165) is 11.1 Å². The van der Waals surface area contributed by atoms with Crippen molar-refractivity contribution in [2.75, 3.05) is 5.32 Å². The van der Waals surface area contributed by atoms with E-state index in [9.17, 15) is 8.42 Å². The number of rotatable bonds is 4. The number of hydrogen-bond donors (Lipinski definition) is 2. The Morgan fingerprint density at radius 3 is 2.53 bits per heavy atom. The second-order valence-electron chi connectivity index (χ2n) is 4.16. The standard InChI is InChI=1S/C12H14N4O2S/c1-9-6-12(16-15-7-9)14-8-10-2-4-11(5-3-10)19(13,17)18/h2-7H,8H2,1H3,(H,14,16)(H2,13,17,18). The monoisotopic (exact) mass is 278 g/mol. The first-order valence-corrected chi connectivity index (χ1v) is 7.15. The van der Waals surface area contributed by atoms with E-state index >= 15 is 0 Å². The zero-order valence-electron chi connectivity index (χ0n) is 10.4.